The van der Waals surface area contributed by atoms with E-state index in [0.717, 1.165) is 13.9 Å². The fraction of sp³-hybridized carbons (Fsp3) is 0. The summed E-state index contributed by atoms with van der Waals surface area (Å²) in [5.41, 5.74) is 6.59. The fourth-order valence-electron chi connectivity index (χ4n) is 1.33. The predicted octanol–water partition coefficient (Wildman–Crippen LogP) is 0.926. The van der Waals surface area contributed by atoms with Gasteiger partial charge in [-0.15, -0.1) is 11.3 Å². The first kappa shape index (κ1) is 9.98. The molecule has 0 atom stereocenters. The molecule has 0 saturated heterocycles. The summed E-state index contributed by atoms with van der Waals surface area (Å²) >= 11 is 4.84. The van der Waals surface area contributed by atoms with Gasteiger partial charge in [0.1, 0.15) is 0 Å². The van der Waals surface area contributed by atoms with E-state index in [9.17, 15) is 0 Å². The lowest BCUT2D eigenvalue weighted by Gasteiger charge is -2.04. The van der Waals surface area contributed by atoms with Gasteiger partial charge in [-0.25, -0.2) is 0 Å². The van der Waals surface area contributed by atoms with Gasteiger partial charge in [-0.2, -0.15) is 0 Å². The van der Waals surface area contributed by atoms with Crippen LogP contribution in [0.2, 0.25) is 0 Å². The second-order valence-electron chi connectivity index (χ2n) is 2.91. The number of halogens is 1. The summed E-state index contributed by atoms with van der Waals surface area (Å²) in [6.07, 6.45) is 0. The number of fused-ring (bicyclic) bond motifs is 1. The monoisotopic (exact) mass is 271 g/mol. The number of nitrogens with two attached hydrogens (primary N) is 1. The van der Waals surface area contributed by atoms with Gasteiger partial charge < -0.3 is 15.8 Å². The molecule has 1 heterocycles. The molecule has 1 aromatic carbocycles. The van der Waals surface area contributed by atoms with Crippen molar-refractivity contribution in [2.24, 2.45) is 0 Å². The smallest absolute Gasteiger partial charge is 0.423 e. The van der Waals surface area contributed by atoms with Crippen LogP contribution >= 0.6 is 27.3 Å². The highest BCUT2D eigenvalue weighted by molar-refractivity contribution is 9.11. The van der Waals surface area contributed by atoms with Crippen LogP contribution in [0.1, 0.15) is 0 Å². The van der Waals surface area contributed by atoms with Crippen LogP contribution in [0.25, 0.3) is 10.1 Å². The first-order valence-electron chi connectivity index (χ1n) is 3.93. The van der Waals surface area contributed by atoms with E-state index in [1.807, 2.05) is 12.1 Å². The Balaban J connectivity index is 2.74. The Hall–Kier alpha value is -0.555. The highest BCUT2D eigenvalue weighted by atomic mass is 79.9. The molecule has 6 heteroatoms. The summed E-state index contributed by atoms with van der Waals surface area (Å²) in [4.78, 5) is 0. The molecule has 72 valence electrons. The highest BCUT2D eigenvalue weighted by Gasteiger charge is 2.17. The number of thiophene rings is 1. The Morgan fingerprint density at radius 2 is 2.07 bits per heavy atom. The van der Waals surface area contributed by atoms with Crippen LogP contribution in [0.4, 0.5) is 5.69 Å². The van der Waals surface area contributed by atoms with E-state index in [4.69, 9.17) is 15.8 Å². The number of hydrogen-bond acceptors (Lipinski definition) is 4. The number of hydrogen-bond donors (Lipinski definition) is 3. The zero-order valence-corrected chi connectivity index (χ0v) is 9.47. The van der Waals surface area contributed by atoms with Crippen LogP contribution in [0.5, 0.6) is 0 Å². The van der Waals surface area contributed by atoms with Crippen molar-refractivity contribution < 1.29 is 10.0 Å². The van der Waals surface area contributed by atoms with E-state index in [1.165, 1.54) is 11.3 Å². The highest BCUT2D eigenvalue weighted by Crippen LogP contribution is 2.32. The summed E-state index contributed by atoms with van der Waals surface area (Å²) in [7, 11) is -1.51. The molecule has 0 amide bonds. The Morgan fingerprint density at radius 1 is 1.36 bits per heavy atom. The average Bonchev–Trinajstić information content (AvgIpc) is 2.46. The maximum atomic E-state index is 9.04. The summed E-state index contributed by atoms with van der Waals surface area (Å²) in [5.74, 6) is 0. The topological polar surface area (TPSA) is 66.5 Å². The molecule has 0 unspecified atom stereocenters. The Bertz CT molecular complexity index is 485. The van der Waals surface area contributed by atoms with Crippen molar-refractivity contribution in [3.63, 3.8) is 0 Å². The van der Waals surface area contributed by atoms with E-state index in [2.05, 4.69) is 15.9 Å². The lowest BCUT2D eigenvalue weighted by atomic mass is 9.79. The molecule has 0 fully saturated rings. The molecule has 0 radical (unpaired) electrons. The second kappa shape index (κ2) is 3.54. The molecule has 0 spiro atoms. The summed E-state index contributed by atoms with van der Waals surface area (Å²) in [6, 6.07) is 5.40. The first-order valence-corrected chi connectivity index (χ1v) is 5.54. The van der Waals surface area contributed by atoms with E-state index in [0.29, 0.717) is 11.2 Å². The molecule has 2 rings (SSSR count). The SMILES string of the molecule is Nc1c(B(O)O)ccc2cc(Br)sc12. The number of nitrogen functional groups attached to an aromatic ring is 1. The van der Waals surface area contributed by atoms with E-state index < -0.39 is 7.12 Å². The second-order valence-corrected chi connectivity index (χ2v) is 5.34. The molecule has 0 aliphatic heterocycles. The normalized spacial score (nSPS) is 10.8. The average molecular weight is 272 g/mol. The van der Waals surface area contributed by atoms with Crippen molar-refractivity contribution in [3.05, 3.63) is 22.0 Å². The minimum absolute atomic E-state index is 0.354. The molecule has 0 bridgehead atoms. The molecule has 4 N–H and O–H groups in total. The Kier molecular flexibility index (Phi) is 2.53. The van der Waals surface area contributed by atoms with Gasteiger partial charge in [0.2, 0.25) is 0 Å². The van der Waals surface area contributed by atoms with Gasteiger partial charge in [-0.05, 0) is 27.4 Å². The van der Waals surface area contributed by atoms with Crippen LogP contribution < -0.4 is 11.2 Å². The van der Waals surface area contributed by atoms with E-state index in [-0.39, 0.29) is 0 Å². The van der Waals surface area contributed by atoms with Gasteiger partial charge in [-0.1, -0.05) is 12.1 Å². The third kappa shape index (κ3) is 1.54. The zero-order chi connectivity index (χ0) is 10.3. The van der Waals surface area contributed by atoms with E-state index in [1.54, 1.807) is 6.07 Å². The number of rotatable bonds is 1. The molecule has 0 aliphatic rings. The Labute approximate surface area is 93.4 Å². The molecule has 1 aromatic heterocycles. The van der Waals surface area contributed by atoms with Crippen LogP contribution in [0.3, 0.4) is 0 Å². The van der Waals surface area contributed by atoms with Crippen LogP contribution in [-0.4, -0.2) is 17.2 Å². The number of benzene rings is 1. The minimum Gasteiger partial charge on any atom is -0.423 e. The third-order valence-corrected chi connectivity index (χ3v) is 3.69. The number of anilines is 1. The third-order valence-electron chi connectivity index (χ3n) is 2.01. The quantitative estimate of drug-likeness (QED) is 0.534. The Morgan fingerprint density at radius 3 is 2.71 bits per heavy atom. The largest absolute Gasteiger partial charge is 0.490 e. The molecular formula is C8H7BBrNO2S. The van der Waals surface area contributed by atoms with Crippen molar-refractivity contribution >= 4 is 55.6 Å². The maximum Gasteiger partial charge on any atom is 0.490 e. The lowest BCUT2D eigenvalue weighted by Crippen LogP contribution is -2.32. The molecular weight excluding hydrogens is 265 g/mol. The minimum atomic E-state index is -1.51. The summed E-state index contributed by atoms with van der Waals surface area (Å²) in [5, 5.41) is 19.1. The first-order chi connectivity index (χ1) is 6.59. The van der Waals surface area contributed by atoms with Crippen molar-refractivity contribution in [1.82, 2.24) is 0 Å². The van der Waals surface area contributed by atoms with Gasteiger partial charge in [0, 0.05) is 11.2 Å². The lowest BCUT2D eigenvalue weighted by molar-refractivity contribution is 0.426. The van der Waals surface area contributed by atoms with Crippen LogP contribution in [-0.2, 0) is 0 Å². The zero-order valence-electron chi connectivity index (χ0n) is 7.07. The maximum absolute atomic E-state index is 9.04. The molecule has 0 aliphatic carbocycles. The van der Waals surface area contributed by atoms with Gasteiger partial charge in [-0.3, -0.25) is 0 Å². The molecule has 0 saturated carbocycles. The van der Waals surface area contributed by atoms with Gasteiger partial charge in [0.25, 0.3) is 0 Å². The van der Waals surface area contributed by atoms with Crippen LogP contribution in [0.15, 0.2) is 22.0 Å². The van der Waals surface area contributed by atoms with Crippen LogP contribution in [0, 0.1) is 0 Å². The summed E-state index contributed by atoms with van der Waals surface area (Å²) in [6.45, 7) is 0. The molecule has 3 nitrogen and oxygen atoms in total. The van der Waals surface area contributed by atoms with Crippen molar-refractivity contribution in [2.45, 2.75) is 0 Å². The van der Waals surface area contributed by atoms with Gasteiger partial charge >= 0.3 is 7.12 Å². The molecule has 14 heavy (non-hydrogen) atoms. The van der Waals surface area contributed by atoms with Crippen molar-refractivity contribution in [1.29, 1.82) is 0 Å². The van der Waals surface area contributed by atoms with Gasteiger partial charge in [0.05, 0.1) is 8.49 Å². The fourth-order valence-corrected chi connectivity index (χ4v) is 2.92. The van der Waals surface area contributed by atoms with Gasteiger partial charge in [0.15, 0.2) is 0 Å². The molecule has 2 aromatic rings. The van der Waals surface area contributed by atoms with Crippen molar-refractivity contribution in [2.75, 3.05) is 5.73 Å². The predicted molar refractivity (Wildman–Crippen MR) is 63.8 cm³/mol. The van der Waals surface area contributed by atoms with E-state index >= 15 is 0 Å². The summed E-state index contributed by atoms with van der Waals surface area (Å²) < 4.78 is 1.85. The van der Waals surface area contributed by atoms with Crippen molar-refractivity contribution in [3.8, 4) is 0 Å². The standard InChI is InChI=1S/C8H7BBrNO2S/c10-6-3-4-1-2-5(9(12)13)7(11)8(4)14-6/h1-3,12-13H,11H2.